The number of carbonyl (C=O) groups is 1. The number of carbonyl (C=O) groups excluding carboxylic acids is 1. The van der Waals surface area contributed by atoms with Crippen LogP contribution in [0.4, 0.5) is 0 Å². The van der Waals surface area contributed by atoms with Gasteiger partial charge < -0.3 is 5.11 Å². The molecule has 0 bridgehead atoms. The topological polar surface area (TPSA) is 50.2 Å². The molecule has 0 aliphatic rings. The largest absolute Gasteiger partial charge is 0.512 e. The van der Waals surface area contributed by atoms with Gasteiger partial charge in [0.2, 0.25) is 0 Å². The third kappa shape index (κ3) is 9.02. The molecule has 5 aromatic rings. The van der Waals surface area contributed by atoms with Crippen molar-refractivity contribution in [3.8, 4) is 22.4 Å². The number of aliphatic hydroxyl groups is 1. The summed E-state index contributed by atoms with van der Waals surface area (Å²) < 4.78 is 0. The molecule has 5 rings (SSSR count). The number of hydrogen-bond acceptors (Lipinski definition) is 3. The van der Waals surface area contributed by atoms with Crippen molar-refractivity contribution in [1.29, 1.82) is 0 Å². The first kappa shape index (κ1) is 36.9. The van der Waals surface area contributed by atoms with Gasteiger partial charge in [0, 0.05) is 43.7 Å². The molecule has 0 aliphatic carbocycles. The summed E-state index contributed by atoms with van der Waals surface area (Å²) in [6.45, 7) is 14.8. The summed E-state index contributed by atoms with van der Waals surface area (Å²) in [5.74, 6) is 0.547. The molecule has 0 aliphatic heterocycles. The second kappa shape index (κ2) is 16.8. The smallest absolute Gasteiger partial charge is 0.162 e. The number of rotatable bonds is 9. The number of aliphatic hydroxyl groups excluding tert-OH is 1. The standard InChI is InChI=1S/C29H24N.C13H24O2.Ir/c1-29(2,3)24-15-12-20(13-16-24)26-19-23(18-22-9-4-6-10-25(22)26)28-17-14-21-8-5-7-11-27(21)30-28;1-5-10(6-2)12(14)9-13(15)11(7-3)8-4;/h4-17,19H,1-3H3;9-11,14H,5-8H2,1-4H3;/q-1;;/b;12-9-;. The van der Waals surface area contributed by atoms with Crippen molar-refractivity contribution in [3.05, 3.63) is 114 Å². The third-order valence-electron chi connectivity index (χ3n) is 8.79. The Kier molecular flexibility index (Phi) is 13.5. The van der Waals surface area contributed by atoms with Gasteiger partial charge in [0.15, 0.2) is 5.78 Å². The molecule has 3 nitrogen and oxygen atoms in total. The number of pyridine rings is 1. The minimum atomic E-state index is 0. The SMILES string of the molecule is CC(C)(C)c1ccc(-c2cc(-c3ccc4ccccc4n3)[c-]c3ccccc23)cc1.CCC(CC)C(=O)/C=C(\O)C(CC)CC.[Ir]. The van der Waals surface area contributed by atoms with E-state index in [1.807, 2.05) is 39.8 Å². The first-order chi connectivity index (χ1) is 21.6. The molecule has 4 aromatic carbocycles. The van der Waals surface area contributed by atoms with E-state index >= 15 is 0 Å². The molecule has 0 atom stereocenters. The Hall–Kier alpha value is -3.59. The van der Waals surface area contributed by atoms with Gasteiger partial charge >= 0.3 is 0 Å². The van der Waals surface area contributed by atoms with E-state index in [1.54, 1.807) is 0 Å². The number of allylic oxidation sites excluding steroid dienone is 2. The fourth-order valence-corrected chi connectivity index (χ4v) is 5.75. The summed E-state index contributed by atoms with van der Waals surface area (Å²) in [7, 11) is 0. The maximum absolute atomic E-state index is 11.7. The Balaban J connectivity index is 0.000000309. The van der Waals surface area contributed by atoms with E-state index in [-0.39, 0.29) is 48.9 Å². The predicted molar refractivity (Wildman–Crippen MR) is 192 cm³/mol. The molecule has 1 aromatic heterocycles. The van der Waals surface area contributed by atoms with E-state index in [1.165, 1.54) is 28.2 Å². The van der Waals surface area contributed by atoms with E-state index in [4.69, 9.17) is 4.98 Å². The molecular weight excluding hydrogens is 743 g/mol. The van der Waals surface area contributed by atoms with Crippen molar-refractivity contribution in [3.63, 3.8) is 0 Å². The maximum Gasteiger partial charge on any atom is 0.162 e. The quantitative estimate of drug-likeness (QED) is 0.0919. The van der Waals surface area contributed by atoms with Crippen molar-refractivity contribution in [2.24, 2.45) is 11.8 Å². The van der Waals surface area contributed by atoms with Crippen LogP contribution in [0, 0.1) is 17.9 Å². The Morgan fingerprint density at radius 3 is 2.04 bits per heavy atom. The Morgan fingerprint density at radius 2 is 1.41 bits per heavy atom. The van der Waals surface area contributed by atoms with Crippen molar-refractivity contribution in [2.45, 2.75) is 79.6 Å². The fraction of sp³-hybridized carbons (Fsp3) is 0.333. The second-order valence-electron chi connectivity index (χ2n) is 12.9. The number of aromatic nitrogens is 1. The summed E-state index contributed by atoms with van der Waals surface area (Å²) in [4.78, 5) is 16.6. The van der Waals surface area contributed by atoms with E-state index in [2.05, 4.69) is 106 Å². The number of fused-ring (bicyclic) bond motifs is 2. The number of ketones is 1. The monoisotopic (exact) mass is 791 g/mol. The molecule has 1 N–H and O–H groups in total. The Morgan fingerprint density at radius 1 is 0.804 bits per heavy atom. The molecule has 0 saturated carbocycles. The zero-order chi connectivity index (χ0) is 32.6. The van der Waals surface area contributed by atoms with Crippen LogP contribution in [0.5, 0.6) is 0 Å². The number of hydrogen-bond donors (Lipinski definition) is 1. The van der Waals surface area contributed by atoms with Crippen LogP contribution in [-0.2, 0) is 30.3 Å². The molecule has 0 fully saturated rings. The molecule has 0 amide bonds. The van der Waals surface area contributed by atoms with E-state index in [9.17, 15) is 9.90 Å². The van der Waals surface area contributed by atoms with Gasteiger partial charge in [-0.25, -0.2) is 0 Å². The molecule has 46 heavy (non-hydrogen) atoms. The van der Waals surface area contributed by atoms with E-state index < -0.39 is 0 Å². The first-order valence-corrected chi connectivity index (χ1v) is 16.5. The van der Waals surface area contributed by atoms with Crippen molar-refractivity contribution < 1.29 is 30.0 Å². The minimum absolute atomic E-state index is 0. The van der Waals surface area contributed by atoms with E-state index in [0.29, 0.717) is 0 Å². The van der Waals surface area contributed by atoms with Crippen LogP contribution in [0.15, 0.2) is 103 Å². The van der Waals surface area contributed by atoms with Gasteiger partial charge in [0.05, 0.1) is 11.3 Å². The van der Waals surface area contributed by atoms with Gasteiger partial charge in [-0.2, -0.15) is 0 Å². The minimum Gasteiger partial charge on any atom is -0.512 e. The van der Waals surface area contributed by atoms with Gasteiger partial charge in [-0.1, -0.05) is 138 Å². The molecule has 0 saturated heterocycles. The van der Waals surface area contributed by atoms with Gasteiger partial charge in [0.1, 0.15) is 0 Å². The molecule has 1 radical (unpaired) electrons. The molecule has 0 unspecified atom stereocenters. The Bertz CT molecular complexity index is 1760. The predicted octanol–water partition coefficient (Wildman–Crippen LogP) is 11.7. The van der Waals surface area contributed by atoms with Gasteiger partial charge in [-0.15, -0.1) is 23.6 Å². The number of para-hydroxylation sites is 1. The van der Waals surface area contributed by atoms with Crippen molar-refractivity contribution >= 4 is 27.5 Å². The molecule has 243 valence electrons. The van der Waals surface area contributed by atoms with Gasteiger partial charge in [-0.05, 0) is 53.7 Å². The summed E-state index contributed by atoms with van der Waals surface area (Å²) in [5, 5.41) is 13.2. The number of nitrogens with zero attached hydrogens (tertiary/aromatic N) is 1. The summed E-state index contributed by atoms with van der Waals surface area (Å²) in [6, 6.07) is 35.7. The summed E-state index contributed by atoms with van der Waals surface area (Å²) in [5.41, 5.74) is 6.90. The normalized spacial score (nSPS) is 11.8. The van der Waals surface area contributed by atoms with Crippen LogP contribution in [0.3, 0.4) is 0 Å². The zero-order valence-corrected chi connectivity index (χ0v) is 30.8. The molecular formula is C42H48IrNO2-. The van der Waals surface area contributed by atoms with Crippen molar-refractivity contribution in [2.75, 3.05) is 0 Å². The third-order valence-corrected chi connectivity index (χ3v) is 8.79. The average Bonchev–Trinajstić information content (AvgIpc) is 3.05. The van der Waals surface area contributed by atoms with Crippen LogP contribution >= 0.6 is 0 Å². The fourth-order valence-electron chi connectivity index (χ4n) is 5.75. The zero-order valence-electron chi connectivity index (χ0n) is 28.4. The second-order valence-corrected chi connectivity index (χ2v) is 12.9. The van der Waals surface area contributed by atoms with Crippen LogP contribution in [0.2, 0.25) is 0 Å². The van der Waals surface area contributed by atoms with Crippen LogP contribution in [-0.4, -0.2) is 15.9 Å². The summed E-state index contributed by atoms with van der Waals surface area (Å²) in [6.07, 6.45) is 4.91. The van der Waals surface area contributed by atoms with Crippen LogP contribution < -0.4 is 0 Å². The van der Waals surface area contributed by atoms with E-state index in [0.717, 1.165) is 53.2 Å². The summed E-state index contributed by atoms with van der Waals surface area (Å²) >= 11 is 0. The molecule has 4 heteroatoms. The molecule has 1 heterocycles. The van der Waals surface area contributed by atoms with Crippen LogP contribution in [0.1, 0.15) is 79.7 Å². The van der Waals surface area contributed by atoms with Crippen molar-refractivity contribution in [1.82, 2.24) is 4.98 Å². The Labute approximate surface area is 289 Å². The van der Waals surface area contributed by atoms with Gasteiger partial charge in [-0.3, -0.25) is 9.78 Å². The maximum atomic E-state index is 11.7. The van der Waals surface area contributed by atoms with Crippen LogP contribution in [0.25, 0.3) is 44.1 Å². The first-order valence-electron chi connectivity index (χ1n) is 16.5. The average molecular weight is 791 g/mol. The molecule has 0 spiro atoms. The number of benzene rings is 4. The van der Waals surface area contributed by atoms with Gasteiger partial charge in [0.25, 0.3) is 0 Å².